The molecule has 0 saturated carbocycles. The molecule has 3 heterocycles. The number of aromatic nitrogens is 4. The van der Waals surface area contributed by atoms with Gasteiger partial charge in [-0.25, -0.2) is 9.78 Å². The molecule has 7 heteroatoms. The lowest BCUT2D eigenvalue weighted by molar-refractivity contribution is 0.303. The molecule has 0 aliphatic carbocycles. The molecule has 0 radical (unpaired) electrons. The van der Waals surface area contributed by atoms with Crippen LogP contribution in [-0.2, 0) is 13.6 Å². The van der Waals surface area contributed by atoms with Crippen LogP contribution >= 0.6 is 15.9 Å². The van der Waals surface area contributed by atoms with Crippen LogP contribution in [0.4, 0.5) is 0 Å². The van der Waals surface area contributed by atoms with Gasteiger partial charge in [-0.15, -0.1) is 0 Å². The van der Waals surface area contributed by atoms with Crippen molar-refractivity contribution in [3.63, 3.8) is 0 Å². The van der Waals surface area contributed by atoms with Crippen LogP contribution in [0, 0.1) is 0 Å². The highest BCUT2D eigenvalue weighted by atomic mass is 79.9. The van der Waals surface area contributed by atoms with E-state index in [1.54, 1.807) is 17.8 Å². The summed E-state index contributed by atoms with van der Waals surface area (Å²) in [4.78, 5) is 17.6. The van der Waals surface area contributed by atoms with Crippen molar-refractivity contribution in [2.24, 2.45) is 7.05 Å². The van der Waals surface area contributed by atoms with E-state index < -0.39 is 0 Å². The van der Waals surface area contributed by atoms with Gasteiger partial charge in [0, 0.05) is 44.8 Å². The first kappa shape index (κ1) is 13.5. The quantitative estimate of drug-likeness (QED) is 0.844. The Morgan fingerprint density at radius 1 is 1.50 bits per heavy atom. The molecular weight excluding hydrogens is 322 g/mol. The summed E-state index contributed by atoms with van der Waals surface area (Å²) in [5.41, 5.74) is 0.793. The van der Waals surface area contributed by atoms with E-state index in [4.69, 9.17) is 0 Å². The SMILES string of the molecule is Cn1c(CN2CCC(n3cc(Br)cn3)C2)ccnc1=O. The molecule has 2 aromatic rings. The Bertz CT molecular complexity index is 665. The second-order valence-corrected chi connectivity index (χ2v) is 6.01. The molecule has 1 saturated heterocycles. The Hall–Kier alpha value is -1.47. The molecule has 1 aliphatic heterocycles. The van der Waals surface area contributed by atoms with Gasteiger partial charge in [-0.05, 0) is 28.4 Å². The maximum absolute atomic E-state index is 11.5. The molecule has 1 unspecified atom stereocenters. The van der Waals surface area contributed by atoms with E-state index in [2.05, 4.69) is 30.9 Å². The van der Waals surface area contributed by atoms with Crippen LogP contribution in [0.3, 0.4) is 0 Å². The van der Waals surface area contributed by atoms with Gasteiger partial charge < -0.3 is 0 Å². The van der Waals surface area contributed by atoms with E-state index in [9.17, 15) is 4.79 Å². The summed E-state index contributed by atoms with van der Waals surface area (Å²) in [6.45, 7) is 2.73. The zero-order valence-corrected chi connectivity index (χ0v) is 12.8. The number of nitrogens with zero attached hydrogens (tertiary/aromatic N) is 5. The van der Waals surface area contributed by atoms with Gasteiger partial charge in [0.1, 0.15) is 0 Å². The minimum Gasteiger partial charge on any atom is -0.298 e. The fourth-order valence-corrected chi connectivity index (χ4v) is 2.88. The zero-order chi connectivity index (χ0) is 14.1. The van der Waals surface area contributed by atoms with E-state index in [0.717, 1.165) is 36.2 Å². The van der Waals surface area contributed by atoms with Crippen LogP contribution < -0.4 is 5.69 Å². The molecule has 6 nitrogen and oxygen atoms in total. The van der Waals surface area contributed by atoms with Crippen LogP contribution in [0.5, 0.6) is 0 Å². The van der Waals surface area contributed by atoms with Gasteiger partial charge in [0.15, 0.2) is 0 Å². The highest BCUT2D eigenvalue weighted by Crippen LogP contribution is 2.23. The summed E-state index contributed by atoms with van der Waals surface area (Å²) in [6.07, 6.45) is 6.48. The van der Waals surface area contributed by atoms with E-state index >= 15 is 0 Å². The van der Waals surface area contributed by atoms with Crippen molar-refractivity contribution in [2.75, 3.05) is 13.1 Å². The third-order valence-corrected chi connectivity index (χ3v) is 4.16. The summed E-state index contributed by atoms with van der Waals surface area (Å²) >= 11 is 3.42. The van der Waals surface area contributed by atoms with Gasteiger partial charge in [-0.1, -0.05) is 0 Å². The maximum atomic E-state index is 11.5. The van der Waals surface area contributed by atoms with Crippen molar-refractivity contribution in [1.29, 1.82) is 0 Å². The van der Waals surface area contributed by atoms with Gasteiger partial charge in [0.05, 0.1) is 16.7 Å². The lowest BCUT2D eigenvalue weighted by atomic mass is 10.3. The van der Waals surface area contributed by atoms with Gasteiger partial charge in [-0.2, -0.15) is 5.10 Å². The zero-order valence-electron chi connectivity index (χ0n) is 11.2. The number of likely N-dealkylation sites (tertiary alicyclic amines) is 1. The molecule has 3 rings (SSSR count). The molecule has 1 atom stereocenters. The minimum atomic E-state index is -0.200. The Labute approximate surface area is 125 Å². The number of hydrogen-bond donors (Lipinski definition) is 0. The van der Waals surface area contributed by atoms with Crippen molar-refractivity contribution in [1.82, 2.24) is 24.2 Å². The van der Waals surface area contributed by atoms with E-state index in [-0.39, 0.29) is 5.69 Å². The molecular formula is C13H16BrN5O. The second kappa shape index (κ2) is 5.49. The summed E-state index contributed by atoms with van der Waals surface area (Å²) in [7, 11) is 1.77. The molecule has 1 fully saturated rings. The summed E-state index contributed by atoms with van der Waals surface area (Å²) in [5.74, 6) is 0. The highest BCUT2D eigenvalue weighted by molar-refractivity contribution is 9.10. The molecule has 0 N–H and O–H groups in total. The first-order valence-electron chi connectivity index (χ1n) is 6.56. The van der Waals surface area contributed by atoms with E-state index in [1.807, 2.05) is 23.1 Å². The molecule has 0 spiro atoms. The average Bonchev–Trinajstić information content (AvgIpc) is 3.04. The van der Waals surface area contributed by atoms with E-state index in [1.165, 1.54) is 0 Å². The predicted molar refractivity (Wildman–Crippen MR) is 78.3 cm³/mol. The number of hydrogen-bond acceptors (Lipinski definition) is 4. The Morgan fingerprint density at radius 2 is 2.35 bits per heavy atom. The normalized spacial score (nSPS) is 19.6. The molecule has 0 aromatic carbocycles. The number of halogens is 1. The molecule has 20 heavy (non-hydrogen) atoms. The minimum absolute atomic E-state index is 0.200. The van der Waals surface area contributed by atoms with E-state index in [0.29, 0.717) is 6.04 Å². The van der Waals surface area contributed by atoms with Crippen LogP contribution in [0.2, 0.25) is 0 Å². The van der Waals surface area contributed by atoms with Gasteiger partial charge in [0.2, 0.25) is 0 Å². The third kappa shape index (κ3) is 2.69. The maximum Gasteiger partial charge on any atom is 0.347 e. The Kier molecular flexibility index (Phi) is 3.71. The third-order valence-electron chi connectivity index (χ3n) is 3.75. The standard InChI is InChI=1S/C13H16BrN5O/c1-17-11(2-4-15-13(17)20)8-18-5-3-12(9-18)19-7-10(14)6-16-19/h2,4,6-7,12H,3,5,8-9H2,1H3. The van der Waals surface area contributed by atoms with Crippen LogP contribution in [-0.4, -0.2) is 37.3 Å². The van der Waals surface area contributed by atoms with Crippen molar-refractivity contribution in [3.8, 4) is 0 Å². The smallest absolute Gasteiger partial charge is 0.298 e. The van der Waals surface area contributed by atoms with Crippen LogP contribution in [0.25, 0.3) is 0 Å². The number of rotatable bonds is 3. The average molecular weight is 338 g/mol. The molecule has 106 valence electrons. The fourth-order valence-electron chi connectivity index (χ4n) is 2.58. The molecule has 0 amide bonds. The molecule has 0 bridgehead atoms. The van der Waals surface area contributed by atoms with Crippen molar-refractivity contribution < 1.29 is 0 Å². The highest BCUT2D eigenvalue weighted by Gasteiger charge is 2.24. The van der Waals surface area contributed by atoms with Crippen molar-refractivity contribution >= 4 is 15.9 Å². The molecule has 1 aliphatic rings. The fraction of sp³-hybridized carbons (Fsp3) is 0.462. The van der Waals surface area contributed by atoms with Gasteiger partial charge in [0.25, 0.3) is 0 Å². The van der Waals surface area contributed by atoms with Gasteiger partial charge in [-0.3, -0.25) is 14.1 Å². The summed E-state index contributed by atoms with van der Waals surface area (Å²) in [5, 5.41) is 4.35. The first-order chi connectivity index (χ1) is 9.63. The monoisotopic (exact) mass is 337 g/mol. The van der Waals surface area contributed by atoms with Crippen LogP contribution in [0.15, 0.2) is 33.9 Å². The molecule has 2 aromatic heterocycles. The second-order valence-electron chi connectivity index (χ2n) is 5.09. The topological polar surface area (TPSA) is 56.0 Å². The summed E-state index contributed by atoms with van der Waals surface area (Å²) in [6, 6.07) is 2.30. The van der Waals surface area contributed by atoms with Gasteiger partial charge >= 0.3 is 5.69 Å². The Morgan fingerprint density at radius 3 is 3.10 bits per heavy atom. The lowest BCUT2D eigenvalue weighted by Gasteiger charge is -2.17. The van der Waals surface area contributed by atoms with Crippen LogP contribution in [0.1, 0.15) is 18.2 Å². The Balaban J connectivity index is 1.69. The van der Waals surface area contributed by atoms with Crippen molar-refractivity contribution in [3.05, 3.63) is 45.3 Å². The largest absolute Gasteiger partial charge is 0.347 e. The predicted octanol–water partition coefficient (Wildman–Crippen LogP) is 1.19. The summed E-state index contributed by atoms with van der Waals surface area (Å²) < 4.78 is 4.63. The van der Waals surface area contributed by atoms with Crippen molar-refractivity contribution in [2.45, 2.75) is 19.0 Å². The first-order valence-corrected chi connectivity index (χ1v) is 7.36. The lowest BCUT2D eigenvalue weighted by Crippen LogP contribution is -2.28.